The predicted molar refractivity (Wildman–Crippen MR) is 105 cm³/mol. The molecule has 0 saturated heterocycles. The highest BCUT2D eigenvalue weighted by atomic mass is 16.2. The zero-order chi connectivity index (χ0) is 18.5. The smallest absolute Gasteiger partial charge is 0.222 e. The molecule has 3 aromatic rings. The number of pyridine rings is 1. The van der Waals surface area contributed by atoms with Crippen molar-refractivity contribution in [3.63, 3.8) is 0 Å². The van der Waals surface area contributed by atoms with E-state index in [-0.39, 0.29) is 5.91 Å². The van der Waals surface area contributed by atoms with Crippen LogP contribution in [-0.2, 0) is 17.9 Å². The van der Waals surface area contributed by atoms with Crippen molar-refractivity contribution < 1.29 is 4.79 Å². The van der Waals surface area contributed by atoms with Crippen LogP contribution in [0.15, 0.2) is 30.5 Å². The maximum atomic E-state index is 12.3. The third-order valence-electron chi connectivity index (χ3n) is 5.79. The van der Waals surface area contributed by atoms with Gasteiger partial charge in [0.15, 0.2) is 0 Å². The van der Waals surface area contributed by atoms with Gasteiger partial charge in [-0.2, -0.15) is 0 Å². The minimum Gasteiger partial charge on any atom is -0.335 e. The lowest BCUT2D eigenvalue weighted by Crippen LogP contribution is -2.38. The summed E-state index contributed by atoms with van der Waals surface area (Å²) >= 11 is 0. The fourth-order valence-electron chi connectivity index (χ4n) is 4.19. The monoisotopic (exact) mass is 360 g/mol. The summed E-state index contributed by atoms with van der Waals surface area (Å²) in [5.41, 5.74) is 4.35. The zero-order valence-corrected chi connectivity index (χ0v) is 15.9. The van der Waals surface area contributed by atoms with E-state index in [0.717, 1.165) is 35.4 Å². The fraction of sp³-hybridized carbons (Fsp3) is 0.409. The Morgan fingerprint density at radius 1 is 1.26 bits per heavy atom. The molecule has 0 spiro atoms. The highest BCUT2D eigenvalue weighted by Crippen LogP contribution is 2.43. The summed E-state index contributed by atoms with van der Waals surface area (Å²) in [5, 5.41) is 2.32. The van der Waals surface area contributed by atoms with Gasteiger partial charge in [0.05, 0.1) is 17.9 Å². The number of carbonyl (C=O) groups excluding carboxylic acids is 1. The van der Waals surface area contributed by atoms with Crippen LogP contribution in [0.1, 0.15) is 49.3 Å². The molecule has 0 unspecified atom stereocenters. The molecule has 1 fully saturated rings. The highest BCUT2D eigenvalue weighted by molar-refractivity contribution is 5.96. The summed E-state index contributed by atoms with van der Waals surface area (Å²) in [6, 6.07) is 8.48. The van der Waals surface area contributed by atoms with Crippen LogP contribution in [0.3, 0.4) is 0 Å². The summed E-state index contributed by atoms with van der Waals surface area (Å²) in [6.45, 7) is 6.23. The molecule has 3 heterocycles. The van der Waals surface area contributed by atoms with Crippen molar-refractivity contribution in [1.29, 1.82) is 0 Å². The number of fused-ring (bicyclic) bond motifs is 2. The molecular formula is C22H24N4O. The Morgan fingerprint density at radius 3 is 2.89 bits per heavy atom. The summed E-state index contributed by atoms with van der Waals surface area (Å²) in [7, 11) is 0. The van der Waals surface area contributed by atoms with E-state index in [1.54, 1.807) is 0 Å². The normalized spacial score (nSPS) is 16.6. The van der Waals surface area contributed by atoms with E-state index < -0.39 is 0 Å². The molecule has 5 nitrogen and oxygen atoms in total. The van der Waals surface area contributed by atoms with E-state index in [0.29, 0.717) is 18.9 Å². The Kier molecular flexibility index (Phi) is 3.78. The van der Waals surface area contributed by atoms with Gasteiger partial charge in [-0.05, 0) is 31.2 Å². The van der Waals surface area contributed by atoms with Crippen LogP contribution in [-0.4, -0.2) is 31.9 Å². The van der Waals surface area contributed by atoms with Crippen molar-refractivity contribution in [1.82, 2.24) is 19.4 Å². The summed E-state index contributed by atoms with van der Waals surface area (Å²) < 4.78 is 2.38. The first kappa shape index (κ1) is 16.5. The first-order valence-corrected chi connectivity index (χ1v) is 9.88. The van der Waals surface area contributed by atoms with Gasteiger partial charge in [-0.15, -0.1) is 0 Å². The number of rotatable bonds is 3. The lowest BCUT2D eigenvalue weighted by molar-refractivity contribution is -0.132. The van der Waals surface area contributed by atoms with Crippen molar-refractivity contribution in [2.75, 3.05) is 6.54 Å². The third kappa shape index (κ3) is 2.73. The number of hydrogen-bond acceptors (Lipinski definition) is 3. The number of aromatic nitrogens is 3. The second-order valence-electron chi connectivity index (χ2n) is 7.71. The maximum absolute atomic E-state index is 12.3. The van der Waals surface area contributed by atoms with E-state index in [4.69, 9.17) is 4.98 Å². The molecule has 1 saturated carbocycles. The van der Waals surface area contributed by atoms with Crippen LogP contribution in [0.25, 0.3) is 22.0 Å². The number of aryl methyl sites for hydroxylation is 1. The van der Waals surface area contributed by atoms with E-state index in [1.807, 2.05) is 24.9 Å². The molecule has 0 atom stereocenters. The molecule has 0 radical (unpaired) electrons. The van der Waals surface area contributed by atoms with Crippen LogP contribution >= 0.6 is 0 Å². The maximum Gasteiger partial charge on any atom is 0.222 e. The van der Waals surface area contributed by atoms with Crippen LogP contribution in [0.2, 0.25) is 0 Å². The average Bonchev–Trinajstić information content (AvgIpc) is 3.47. The van der Waals surface area contributed by atoms with Gasteiger partial charge >= 0.3 is 0 Å². The number of nitrogens with zero attached hydrogens (tertiary/aromatic N) is 4. The van der Waals surface area contributed by atoms with Crippen LogP contribution in [0.5, 0.6) is 0 Å². The van der Waals surface area contributed by atoms with Crippen LogP contribution in [0, 0.1) is 6.92 Å². The van der Waals surface area contributed by atoms with Crippen molar-refractivity contribution in [3.8, 4) is 11.3 Å². The zero-order valence-electron chi connectivity index (χ0n) is 15.9. The second kappa shape index (κ2) is 6.19. The van der Waals surface area contributed by atoms with Gasteiger partial charge < -0.3 is 9.47 Å². The lowest BCUT2D eigenvalue weighted by atomic mass is 10.0. The molecule has 1 aromatic carbocycles. The number of benzene rings is 1. The summed E-state index contributed by atoms with van der Waals surface area (Å²) in [5.74, 6) is 2.01. The standard InChI is InChI=1S/C22H24N4O/c1-3-20(27)25-9-10-26-19(13-25)21(24-22(26)15-7-8-15)17-6-4-5-16-11-14(2)23-12-18(16)17/h4-6,11-12,15H,3,7-10,13H2,1-2H3. The van der Waals surface area contributed by atoms with Gasteiger partial charge in [-0.1, -0.05) is 25.1 Å². The van der Waals surface area contributed by atoms with Gasteiger partial charge in [-0.3, -0.25) is 9.78 Å². The fourth-order valence-corrected chi connectivity index (χ4v) is 4.19. The molecular weight excluding hydrogens is 336 g/mol. The van der Waals surface area contributed by atoms with Gasteiger partial charge in [0.25, 0.3) is 0 Å². The van der Waals surface area contributed by atoms with Crippen molar-refractivity contribution in [3.05, 3.63) is 47.7 Å². The minimum atomic E-state index is 0.219. The minimum absolute atomic E-state index is 0.219. The van der Waals surface area contributed by atoms with E-state index in [9.17, 15) is 4.79 Å². The Bertz CT molecular complexity index is 1050. The lowest BCUT2D eigenvalue weighted by Gasteiger charge is -2.29. The third-order valence-corrected chi connectivity index (χ3v) is 5.79. The molecule has 2 aromatic heterocycles. The molecule has 0 bridgehead atoms. The Morgan fingerprint density at radius 2 is 2.11 bits per heavy atom. The van der Waals surface area contributed by atoms with E-state index >= 15 is 0 Å². The molecule has 1 aliphatic carbocycles. The number of hydrogen-bond donors (Lipinski definition) is 0. The summed E-state index contributed by atoms with van der Waals surface area (Å²) in [4.78, 5) is 23.9. The first-order chi connectivity index (χ1) is 13.2. The Hall–Kier alpha value is -2.69. The van der Waals surface area contributed by atoms with Gasteiger partial charge in [-0.25, -0.2) is 4.98 Å². The second-order valence-corrected chi connectivity index (χ2v) is 7.71. The average molecular weight is 360 g/mol. The first-order valence-electron chi connectivity index (χ1n) is 9.88. The topological polar surface area (TPSA) is 51.0 Å². The molecule has 5 rings (SSSR count). The van der Waals surface area contributed by atoms with E-state index in [2.05, 4.69) is 33.8 Å². The molecule has 2 aliphatic rings. The molecule has 1 aliphatic heterocycles. The number of carbonyl (C=O) groups is 1. The van der Waals surface area contributed by atoms with Crippen molar-refractivity contribution >= 4 is 16.7 Å². The molecule has 138 valence electrons. The summed E-state index contributed by atoms with van der Waals surface area (Å²) in [6.07, 6.45) is 4.96. The number of imidazole rings is 1. The van der Waals surface area contributed by atoms with Gasteiger partial charge in [0, 0.05) is 48.3 Å². The SMILES string of the molecule is CCC(=O)N1CCn2c(C3CC3)nc(-c3cccc4cc(C)ncc34)c2C1. The Balaban J connectivity index is 1.68. The van der Waals surface area contributed by atoms with Gasteiger partial charge in [0.2, 0.25) is 5.91 Å². The quantitative estimate of drug-likeness (QED) is 0.708. The largest absolute Gasteiger partial charge is 0.335 e. The Labute approximate surface area is 159 Å². The predicted octanol–water partition coefficient (Wildman–Crippen LogP) is 4.04. The number of amides is 1. The van der Waals surface area contributed by atoms with Crippen LogP contribution in [0.4, 0.5) is 0 Å². The van der Waals surface area contributed by atoms with Crippen LogP contribution < -0.4 is 0 Å². The van der Waals surface area contributed by atoms with Crippen molar-refractivity contribution in [2.24, 2.45) is 0 Å². The van der Waals surface area contributed by atoms with Gasteiger partial charge in [0.1, 0.15) is 5.82 Å². The molecule has 1 amide bonds. The molecule has 0 N–H and O–H groups in total. The highest BCUT2D eigenvalue weighted by Gasteiger charge is 2.34. The van der Waals surface area contributed by atoms with E-state index in [1.165, 1.54) is 29.7 Å². The molecule has 5 heteroatoms. The van der Waals surface area contributed by atoms with Crippen molar-refractivity contribution in [2.45, 2.75) is 52.1 Å². The molecule has 27 heavy (non-hydrogen) atoms.